The highest BCUT2D eigenvalue weighted by atomic mass is 32.2. The molecule has 3 rings (SSSR count). The van der Waals surface area contributed by atoms with Gasteiger partial charge < -0.3 is 19.8 Å². The molecular formula is C19H27N5O4S3. The Balaban J connectivity index is 1.86. The van der Waals surface area contributed by atoms with Crippen LogP contribution < -0.4 is 15.4 Å². The van der Waals surface area contributed by atoms with Gasteiger partial charge in [-0.3, -0.25) is 0 Å². The fraction of sp³-hybridized carbons (Fsp3) is 0.474. The van der Waals surface area contributed by atoms with Crippen molar-refractivity contribution in [1.82, 2.24) is 13.1 Å². The summed E-state index contributed by atoms with van der Waals surface area (Å²) in [4.78, 5) is 0. The van der Waals surface area contributed by atoms with Crippen LogP contribution in [0.3, 0.4) is 0 Å². The minimum Gasteiger partial charge on any atom is -0.492 e. The van der Waals surface area contributed by atoms with Crippen LogP contribution in [0.1, 0.15) is 44.8 Å². The Labute approximate surface area is 190 Å². The first kappa shape index (κ1) is 23.5. The first-order valence-electron chi connectivity index (χ1n) is 9.93. The quantitative estimate of drug-likeness (QED) is 0.397. The maximum absolute atomic E-state index is 13.0. The molecule has 12 heteroatoms. The lowest BCUT2D eigenvalue weighted by atomic mass is 10.2. The van der Waals surface area contributed by atoms with Crippen molar-refractivity contribution in [2.24, 2.45) is 0 Å². The Hall–Kier alpha value is -2.15. The molecule has 0 aliphatic heterocycles. The van der Waals surface area contributed by atoms with Crippen LogP contribution >= 0.6 is 23.1 Å². The molecule has 0 fully saturated rings. The third kappa shape index (κ3) is 4.86. The monoisotopic (exact) mass is 485 g/mol. The van der Waals surface area contributed by atoms with Gasteiger partial charge in [0.2, 0.25) is 0 Å². The summed E-state index contributed by atoms with van der Waals surface area (Å²) >= 11 is 2.17. The zero-order valence-corrected chi connectivity index (χ0v) is 20.6. The summed E-state index contributed by atoms with van der Waals surface area (Å²) in [5.74, 6) is 2.99. The van der Waals surface area contributed by atoms with E-state index < -0.39 is 10.0 Å². The van der Waals surface area contributed by atoms with Gasteiger partial charge in [0, 0.05) is 18.5 Å². The zero-order chi connectivity index (χ0) is 22.6. The Bertz CT molecular complexity index is 1100. The summed E-state index contributed by atoms with van der Waals surface area (Å²) in [5, 5.41) is 8.24. The SMILES string of the molecule is CC[C@@H](Nc1nsnc1Nc1csc(S(=O)(=O)N(CC)CC)c1OC)c1ccc(C)o1. The van der Waals surface area contributed by atoms with Gasteiger partial charge in [0.15, 0.2) is 21.6 Å². The van der Waals surface area contributed by atoms with E-state index in [9.17, 15) is 8.42 Å². The van der Waals surface area contributed by atoms with E-state index in [1.54, 1.807) is 5.38 Å². The van der Waals surface area contributed by atoms with E-state index in [1.165, 1.54) is 11.4 Å². The number of aromatic nitrogens is 2. The first-order valence-corrected chi connectivity index (χ1v) is 13.0. The van der Waals surface area contributed by atoms with E-state index >= 15 is 0 Å². The highest BCUT2D eigenvalue weighted by molar-refractivity contribution is 7.91. The molecule has 0 radical (unpaired) electrons. The molecule has 3 aromatic rings. The molecule has 170 valence electrons. The van der Waals surface area contributed by atoms with E-state index in [0.29, 0.717) is 30.4 Å². The van der Waals surface area contributed by atoms with E-state index in [-0.39, 0.29) is 16.0 Å². The molecule has 3 heterocycles. The minimum atomic E-state index is -3.64. The number of aryl methyl sites for hydroxylation is 1. The van der Waals surface area contributed by atoms with Crippen molar-refractivity contribution in [2.45, 2.75) is 44.4 Å². The second-order valence-electron chi connectivity index (χ2n) is 6.70. The number of rotatable bonds is 11. The van der Waals surface area contributed by atoms with E-state index in [0.717, 1.165) is 41.0 Å². The number of thiophene rings is 1. The van der Waals surface area contributed by atoms with Gasteiger partial charge in [-0.05, 0) is 25.5 Å². The van der Waals surface area contributed by atoms with Crippen molar-refractivity contribution >= 4 is 50.4 Å². The second kappa shape index (κ2) is 9.98. The molecule has 0 saturated heterocycles. The Morgan fingerprint density at radius 1 is 1.19 bits per heavy atom. The molecular weight excluding hydrogens is 458 g/mol. The molecule has 9 nitrogen and oxygen atoms in total. The molecule has 0 aliphatic carbocycles. The zero-order valence-electron chi connectivity index (χ0n) is 18.1. The smallest absolute Gasteiger partial charge is 0.256 e. The molecule has 2 N–H and O–H groups in total. The lowest BCUT2D eigenvalue weighted by Crippen LogP contribution is -2.30. The molecule has 0 bridgehead atoms. The van der Waals surface area contributed by atoms with Crippen LogP contribution in [-0.4, -0.2) is 41.7 Å². The van der Waals surface area contributed by atoms with Crippen molar-refractivity contribution in [1.29, 1.82) is 0 Å². The lowest BCUT2D eigenvalue weighted by Gasteiger charge is -2.18. The summed E-state index contributed by atoms with van der Waals surface area (Å²) in [6, 6.07) is 3.79. The molecule has 31 heavy (non-hydrogen) atoms. The number of nitrogens with one attached hydrogen (secondary N) is 2. The van der Waals surface area contributed by atoms with Gasteiger partial charge in [0.25, 0.3) is 10.0 Å². The fourth-order valence-corrected chi connectivity index (χ4v) is 6.60. The number of methoxy groups -OCH3 is 1. The van der Waals surface area contributed by atoms with Gasteiger partial charge in [-0.2, -0.15) is 13.1 Å². The van der Waals surface area contributed by atoms with Crippen molar-refractivity contribution in [3.8, 4) is 5.75 Å². The molecule has 0 saturated carbocycles. The van der Waals surface area contributed by atoms with Gasteiger partial charge in [0.05, 0.1) is 30.6 Å². The average Bonchev–Trinajstić information content (AvgIpc) is 3.47. The second-order valence-corrected chi connectivity index (χ2v) is 10.2. The van der Waals surface area contributed by atoms with Crippen LogP contribution in [0, 0.1) is 6.92 Å². The maximum Gasteiger partial charge on any atom is 0.256 e. The van der Waals surface area contributed by atoms with Crippen LogP contribution in [0.5, 0.6) is 5.75 Å². The minimum absolute atomic E-state index is 0.0684. The summed E-state index contributed by atoms with van der Waals surface area (Å²) in [6.07, 6.45) is 0.790. The third-order valence-corrected chi connectivity index (χ3v) is 8.82. The molecule has 0 aromatic carbocycles. The average molecular weight is 486 g/mol. The van der Waals surface area contributed by atoms with Gasteiger partial charge >= 0.3 is 0 Å². The molecule has 0 unspecified atom stereocenters. The molecule has 3 aromatic heterocycles. The third-order valence-electron chi connectivity index (χ3n) is 4.76. The van der Waals surface area contributed by atoms with Crippen LogP contribution in [-0.2, 0) is 10.0 Å². The topological polar surface area (TPSA) is 110 Å². The van der Waals surface area contributed by atoms with Crippen molar-refractivity contribution in [3.63, 3.8) is 0 Å². The van der Waals surface area contributed by atoms with E-state index in [2.05, 4.69) is 26.3 Å². The van der Waals surface area contributed by atoms with Gasteiger partial charge in [-0.15, -0.1) is 11.3 Å². The first-order chi connectivity index (χ1) is 14.8. The van der Waals surface area contributed by atoms with Crippen molar-refractivity contribution in [2.75, 3.05) is 30.8 Å². The highest BCUT2D eigenvalue weighted by Gasteiger charge is 2.30. The number of anilines is 3. The number of hydrogen-bond acceptors (Lipinski definition) is 10. The highest BCUT2D eigenvalue weighted by Crippen LogP contribution is 2.42. The van der Waals surface area contributed by atoms with E-state index in [1.807, 2.05) is 32.9 Å². The lowest BCUT2D eigenvalue weighted by molar-refractivity contribution is 0.402. The summed E-state index contributed by atoms with van der Waals surface area (Å²) in [6.45, 7) is 8.34. The normalized spacial score (nSPS) is 12.8. The van der Waals surface area contributed by atoms with E-state index in [4.69, 9.17) is 9.15 Å². The molecule has 0 amide bonds. The van der Waals surface area contributed by atoms with Crippen molar-refractivity contribution < 1.29 is 17.6 Å². The molecule has 1 atom stereocenters. The summed E-state index contributed by atoms with van der Waals surface area (Å²) in [5.41, 5.74) is 0.524. The number of furan rings is 1. The predicted molar refractivity (Wildman–Crippen MR) is 124 cm³/mol. The summed E-state index contributed by atoms with van der Waals surface area (Å²) in [7, 11) is -2.19. The van der Waals surface area contributed by atoms with Crippen LogP contribution in [0.2, 0.25) is 0 Å². The van der Waals surface area contributed by atoms with Crippen molar-refractivity contribution in [3.05, 3.63) is 29.0 Å². The number of ether oxygens (including phenoxy) is 1. The Kier molecular flexibility index (Phi) is 7.57. The van der Waals surface area contributed by atoms with Crippen LogP contribution in [0.25, 0.3) is 0 Å². The standard InChI is InChI=1S/C19H27N5O4S3/c1-6-13(15-10-9-12(4)28-15)20-17-18(23-30-22-17)21-14-11-29-19(16(14)27-5)31(25,26)24(7-2)8-3/h9-11,13H,6-8H2,1-5H3,(H,20,22)(H,21,23)/t13-/m1/s1. The maximum atomic E-state index is 13.0. The summed E-state index contributed by atoms with van der Waals surface area (Å²) < 4.78 is 47.4. The predicted octanol–water partition coefficient (Wildman–Crippen LogP) is 4.85. The fourth-order valence-electron chi connectivity index (χ4n) is 3.14. The number of hydrogen-bond donors (Lipinski definition) is 2. The van der Waals surface area contributed by atoms with Crippen LogP contribution in [0.15, 0.2) is 26.1 Å². The number of sulfonamides is 1. The van der Waals surface area contributed by atoms with Gasteiger partial charge in [-0.25, -0.2) is 8.42 Å². The van der Waals surface area contributed by atoms with Gasteiger partial charge in [-0.1, -0.05) is 20.8 Å². The Morgan fingerprint density at radius 3 is 2.48 bits per heavy atom. The number of nitrogens with zero attached hydrogens (tertiary/aromatic N) is 3. The van der Waals surface area contributed by atoms with Gasteiger partial charge in [0.1, 0.15) is 11.5 Å². The largest absolute Gasteiger partial charge is 0.492 e. The Morgan fingerprint density at radius 2 is 1.90 bits per heavy atom. The molecule has 0 aliphatic rings. The van der Waals surface area contributed by atoms with Crippen LogP contribution in [0.4, 0.5) is 17.3 Å². The molecule has 0 spiro atoms.